The third kappa shape index (κ3) is 2.92. The lowest BCUT2D eigenvalue weighted by molar-refractivity contribution is 0.277. The van der Waals surface area contributed by atoms with Crippen LogP contribution < -0.4 is 0 Å². The zero-order valence-corrected chi connectivity index (χ0v) is 13.3. The van der Waals surface area contributed by atoms with Gasteiger partial charge >= 0.3 is 0 Å². The number of hydrogen-bond donors (Lipinski definition) is 0. The van der Waals surface area contributed by atoms with E-state index in [0.29, 0.717) is 12.5 Å². The van der Waals surface area contributed by atoms with Crippen molar-refractivity contribution in [2.75, 3.05) is 6.61 Å². The molecule has 1 aliphatic heterocycles. The van der Waals surface area contributed by atoms with Gasteiger partial charge in [0.05, 0.1) is 5.54 Å². The maximum absolute atomic E-state index is 5.91. The van der Waals surface area contributed by atoms with Crippen molar-refractivity contribution in [2.24, 2.45) is 10.9 Å². The van der Waals surface area contributed by atoms with Crippen molar-refractivity contribution in [3.63, 3.8) is 0 Å². The van der Waals surface area contributed by atoms with Gasteiger partial charge in [-0.2, -0.15) is 0 Å². The number of benzene rings is 1. The van der Waals surface area contributed by atoms with Gasteiger partial charge in [-0.3, -0.25) is 0 Å². The Labute approximate surface area is 132 Å². The predicted octanol–water partition coefficient (Wildman–Crippen LogP) is 4.67. The molecule has 0 spiro atoms. The maximum atomic E-state index is 5.91. The average Bonchev–Trinajstić information content (AvgIpc) is 2.88. The summed E-state index contributed by atoms with van der Waals surface area (Å²) in [6.45, 7) is 8.78. The molecule has 0 aromatic heterocycles. The number of ether oxygens (including phenoxy) is 1. The highest BCUT2D eigenvalue weighted by Gasteiger charge is 2.34. The Morgan fingerprint density at radius 1 is 1.32 bits per heavy atom. The van der Waals surface area contributed by atoms with Crippen LogP contribution in [-0.2, 0) is 4.74 Å². The van der Waals surface area contributed by atoms with E-state index in [4.69, 9.17) is 9.73 Å². The van der Waals surface area contributed by atoms with E-state index in [1.54, 1.807) is 0 Å². The van der Waals surface area contributed by atoms with E-state index in [9.17, 15) is 0 Å². The standard InChI is InChI=1S/C20H23NO/c1-4-9-15-12-8-13-17(19-21-20(2,3)14-22-19)18(15)16-10-6-5-7-11-16/h4-8,10-13,15,18H,1,9,14H2,2-3H3/t15-,18-/m0/s1. The molecule has 22 heavy (non-hydrogen) atoms. The molecule has 1 aliphatic carbocycles. The monoisotopic (exact) mass is 293 g/mol. The second-order valence-corrected chi connectivity index (χ2v) is 6.60. The molecule has 1 heterocycles. The van der Waals surface area contributed by atoms with Crippen LogP contribution in [-0.4, -0.2) is 18.0 Å². The lowest BCUT2D eigenvalue weighted by Gasteiger charge is -2.29. The molecule has 114 valence electrons. The minimum Gasteiger partial charge on any atom is -0.475 e. The summed E-state index contributed by atoms with van der Waals surface area (Å²) in [5.74, 6) is 1.48. The van der Waals surface area contributed by atoms with Crippen molar-refractivity contribution in [3.05, 3.63) is 72.4 Å². The largest absolute Gasteiger partial charge is 0.475 e. The molecular weight excluding hydrogens is 270 g/mol. The molecule has 2 aliphatic rings. The Morgan fingerprint density at radius 2 is 2.09 bits per heavy atom. The first-order valence-corrected chi connectivity index (χ1v) is 7.88. The Kier molecular flexibility index (Phi) is 4.02. The number of nitrogens with zero attached hydrogens (tertiary/aromatic N) is 1. The van der Waals surface area contributed by atoms with Gasteiger partial charge in [0.2, 0.25) is 5.90 Å². The quantitative estimate of drug-likeness (QED) is 0.739. The van der Waals surface area contributed by atoms with Crippen molar-refractivity contribution in [1.82, 2.24) is 0 Å². The lowest BCUT2D eigenvalue weighted by Crippen LogP contribution is -2.21. The highest BCUT2D eigenvalue weighted by Crippen LogP contribution is 2.40. The zero-order chi connectivity index (χ0) is 15.6. The molecular formula is C20H23NO. The Hall–Kier alpha value is -2.09. The maximum Gasteiger partial charge on any atom is 0.213 e. The zero-order valence-electron chi connectivity index (χ0n) is 13.3. The molecule has 0 radical (unpaired) electrons. The predicted molar refractivity (Wildman–Crippen MR) is 92.2 cm³/mol. The molecule has 0 amide bonds. The summed E-state index contributed by atoms with van der Waals surface area (Å²) in [5.41, 5.74) is 2.36. The number of allylic oxidation sites excluding steroid dienone is 4. The molecule has 3 rings (SSSR count). The molecule has 0 saturated heterocycles. The fraction of sp³-hybridized carbons (Fsp3) is 0.350. The summed E-state index contributed by atoms with van der Waals surface area (Å²) in [5, 5.41) is 0. The van der Waals surface area contributed by atoms with E-state index in [0.717, 1.165) is 12.3 Å². The van der Waals surface area contributed by atoms with Crippen LogP contribution in [0.2, 0.25) is 0 Å². The highest BCUT2D eigenvalue weighted by molar-refractivity contribution is 5.97. The molecule has 2 heteroatoms. The summed E-state index contributed by atoms with van der Waals surface area (Å²) in [4.78, 5) is 4.78. The Balaban J connectivity index is 2.01. The van der Waals surface area contributed by atoms with Gasteiger partial charge < -0.3 is 4.74 Å². The summed E-state index contributed by atoms with van der Waals surface area (Å²) in [7, 11) is 0. The molecule has 0 N–H and O–H groups in total. The molecule has 1 aromatic carbocycles. The van der Waals surface area contributed by atoms with Gasteiger partial charge in [0.15, 0.2) is 0 Å². The van der Waals surface area contributed by atoms with Crippen molar-refractivity contribution in [1.29, 1.82) is 0 Å². The van der Waals surface area contributed by atoms with Crippen LogP contribution in [0.25, 0.3) is 0 Å². The van der Waals surface area contributed by atoms with E-state index in [1.165, 1.54) is 11.1 Å². The van der Waals surface area contributed by atoms with Crippen LogP contribution in [0.5, 0.6) is 0 Å². The lowest BCUT2D eigenvalue weighted by atomic mass is 9.76. The minimum atomic E-state index is -0.132. The highest BCUT2D eigenvalue weighted by atomic mass is 16.5. The molecule has 0 fully saturated rings. The van der Waals surface area contributed by atoms with Gasteiger partial charge in [-0.1, -0.05) is 54.6 Å². The second-order valence-electron chi connectivity index (χ2n) is 6.60. The van der Waals surface area contributed by atoms with Crippen LogP contribution >= 0.6 is 0 Å². The number of hydrogen-bond acceptors (Lipinski definition) is 2. The molecule has 2 atom stereocenters. The average molecular weight is 293 g/mol. The van der Waals surface area contributed by atoms with Crippen LogP contribution in [0.15, 0.2) is 71.8 Å². The van der Waals surface area contributed by atoms with Crippen LogP contribution in [0, 0.1) is 5.92 Å². The van der Waals surface area contributed by atoms with Gasteiger partial charge in [0, 0.05) is 11.5 Å². The summed E-state index contributed by atoms with van der Waals surface area (Å²) in [6, 6.07) is 10.6. The Morgan fingerprint density at radius 3 is 2.73 bits per heavy atom. The van der Waals surface area contributed by atoms with E-state index in [-0.39, 0.29) is 11.5 Å². The first kappa shape index (κ1) is 14.8. The third-order valence-electron chi connectivity index (χ3n) is 4.21. The van der Waals surface area contributed by atoms with Crippen LogP contribution in [0.4, 0.5) is 0 Å². The first-order chi connectivity index (χ1) is 10.6. The minimum absolute atomic E-state index is 0.132. The van der Waals surface area contributed by atoms with Gasteiger partial charge in [-0.25, -0.2) is 4.99 Å². The summed E-state index contributed by atoms with van der Waals surface area (Å²) >= 11 is 0. The Bertz CT molecular complexity index is 637. The second kappa shape index (κ2) is 5.96. The molecule has 0 bridgehead atoms. The van der Waals surface area contributed by atoms with Gasteiger partial charge in [-0.05, 0) is 31.7 Å². The van der Waals surface area contributed by atoms with E-state index in [2.05, 4.69) is 69.0 Å². The SMILES string of the molecule is C=CC[C@H]1C=CC=C(C2=NC(C)(C)CO2)[C@@H]1c1ccccc1. The van der Waals surface area contributed by atoms with Crippen molar-refractivity contribution in [2.45, 2.75) is 31.7 Å². The number of aliphatic imine (C=N–C) groups is 1. The van der Waals surface area contributed by atoms with E-state index in [1.807, 2.05) is 6.08 Å². The molecule has 1 aromatic rings. The van der Waals surface area contributed by atoms with E-state index >= 15 is 0 Å². The van der Waals surface area contributed by atoms with Crippen LogP contribution in [0.1, 0.15) is 31.7 Å². The first-order valence-electron chi connectivity index (χ1n) is 7.88. The fourth-order valence-corrected chi connectivity index (χ4v) is 3.18. The van der Waals surface area contributed by atoms with Crippen molar-refractivity contribution >= 4 is 5.90 Å². The van der Waals surface area contributed by atoms with Gasteiger partial charge in [0.1, 0.15) is 6.61 Å². The summed E-state index contributed by atoms with van der Waals surface area (Å²) in [6.07, 6.45) is 9.49. The van der Waals surface area contributed by atoms with Crippen molar-refractivity contribution < 1.29 is 4.74 Å². The molecule has 0 saturated carbocycles. The fourth-order valence-electron chi connectivity index (χ4n) is 3.18. The van der Waals surface area contributed by atoms with Gasteiger partial charge in [-0.15, -0.1) is 6.58 Å². The molecule has 0 unspecified atom stereocenters. The smallest absolute Gasteiger partial charge is 0.213 e. The summed E-state index contributed by atoms with van der Waals surface area (Å²) < 4.78 is 5.91. The van der Waals surface area contributed by atoms with Crippen LogP contribution in [0.3, 0.4) is 0 Å². The molecule has 2 nitrogen and oxygen atoms in total. The number of rotatable bonds is 4. The van der Waals surface area contributed by atoms with Gasteiger partial charge in [0.25, 0.3) is 0 Å². The van der Waals surface area contributed by atoms with E-state index < -0.39 is 0 Å². The third-order valence-corrected chi connectivity index (χ3v) is 4.21. The normalized spacial score (nSPS) is 26.1. The topological polar surface area (TPSA) is 21.6 Å². The van der Waals surface area contributed by atoms with Crippen molar-refractivity contribution in [3.8, 4) is 0 Å².